The zero-order valence-electron chi connectivity index (χ0n) is 16.0. The smallest absolute Gasteiger partial charge is 0.303 e. The van der Waals surface area contributed by atoms with Crippen LogP contribution in [-0.2, 0) is 4.79 Å². The van der Waals surface area contributed by atoms with Gasteiger partial charge in [-0.3, -0.25) is 9.59 Å². The van der Waals surface area contributed by atoms with E-state index in [9.17, 15) is 9.59 Å². The highest BCUT2D eigenvalue weighted by atomic mass is 32.1. The van der Waals surface area contributed by atoms with Gasteiger partial charge in [0.25, 0.3) is 5.91 Å². The summed E-state index contributed by atoms with van der Waals surface area (Å²) in [6.07, 6.45) is 10.7. The monoisotopic (exact) mass is 397 g/mol. The van der Waals surface area contributed by atoms with Crippen molar-refractivity contribution in [1.29, 1.82) is 0 Å². The van der Waals surface area contributed by atoms with Crippen molar-refractivity contribution in [2.75, 3.05) is 0 Å². The third-order valence-corrected chi connectivity index (χ3v) is 7.41. The van der Waals surface area contributed by atoms with Crippen LogP contribution < -0.4 is 5.32 Å². The minimum Gasteiger partial charge on any atom is -0.481 e. The first kappa shape index (κ1) is 19.2. The number of rotatable bonds is 8. The molecule has 2 bridgehead atoms. The van der Waals surface area contributed by atoms with Crippen molar-refractivity contribution in [3.8, 4) is 0 Å². The van der Waals surface area contributed by atoms with E-state index in [2.05, 4.69) is 29.6 Å². The number of thiophene rings is 1. The number of hydrogen-bond donors (Lipinski definition) is 2. The van der Waals surface area contributed by atoms with Crippen LogP contribution in [0.15, 0.2) is 41.8 Å². The first-order valence-corrected chi connectivity index (χ1v) is 11.2. The topological polar surface area (TPSA) is 66.4 Å². The number of hydrogen-bond acceptors (Lipinski definition) is 3. The number of carbonyl (C=O) groups is 2. The van der Waals surface area contributed by atoms with Crippen molar-refractivity contribution >= 4 is 33.3 Å². The summed E-state index contributed by atoms with van der Waals surface area (Å²) in [5.74, 6) is 1.13. The SMILES string of the molecule is O=C(O)CCCC=CC[C@H]1[C@@H]2CC[C@@H](C2)[C@@H]1NC(=O)c1cccc2ccsc12. The van der Waals surface area contributed by atoms with E-state index in [4.69, 9.17) is 5.11 Å². The maximum Gasteiger partial charge on any atom is 0.303 e. The van der Waals surface area contributed by atoms with Gasteiger partial charge in [-0.25, -0.2) is 0 Å². The molecule has 1 aromatic heterocycles. The number of aliphatic carboxylic acids is 1. The van der Waals surface area contributed by atoms with Crippen LogP contribution >= 0.6 is 11.3 Å². The van der Waals surface area contributed by atoms with Crippen molar-refractivity contribution in [2.24, 2.45) is 17.8 Å². The molecule has 2 N–H and O–H groups in total. The van der Waals surface area contributed by atoms with Crippen molar-refractivity contribution in [1.82, 2.24) is 5.32 Å². The molecule has 5 heteroatoms. The van der Waals surface area contributed by atoms with Gasteiger partial charge in [-0.15, -0.1) is 11.3 Å². The van der Waals surface area contributed by atoms with E-state index in [1.807, 2.05) is 17.5 Å². The first-order chi connectivity index (χ1) is 13.6. The zero-order chi connectivity index (χ0) is 19.5. The Bertz CT molecular complexity index is 887. The summed E-state index contributed by atoms with van der Waals surface area (Å²) in [6.45, 7) is 0. The van der Waals surface area contributed by atoms with E-state index >= 15 is 0 Å². The molecular formula is C23H27NO3S. The Balaban J connectivity index is 1.39. The van der Waals surface area contributed by atoms with Crippen molar-refractivity contribution < 1.29 is 14.7 Å². The number of benzene rings is 1. The van der Waals surface area contributed by atoms with Crippen LogP contribution in [0.4, 0.5) is 0 Å². The molecule has 4 atom stereocenters. The number of carbonyl (C=O) groups excluding carboxylic acids is 1. The van der Waals surface area contributed by atoms with Gasteiger partial charge < -0.3 is 10.4 Å². The highest BCUT2D eigenvalue weighted by Gasteiger charge is 2.47. The van der Waals surface area contributed by atoms with Gasteiger partial charge in [0, 0.05) is 17.2 Å². The van der Waals surface area contributed by atoms with Crippen LogP contribution in [0.2, 0.25) is 0 Å². The van der Waals surface area contributed by atoms with Gasteiger partial charge in [-0.1, -0.05) is 24.3 Å². The lowest BCUT2D eigenvalue weighted by Gasteiger charge is -2.31. The summed E-state index contributed by atoms with van der Waals surface area (Å²) in [4.78, 5) is 23.6. The van der Waals surface area contributed by atoms with Crippen LogP contribution in [0.25, 0.3) is 10.1 Å². The largest absolute Gasteiger partial charge is 0.481 e. The molecule has 0 radical (unpaired) electrons. The lowest BCUT2D eigenvalue weighted by molar-refractivity contribution is -0.137. The fourth-order valence-corrected chi connectivity index (χ4v) is 6.03. The number of amides is 1. The molecule has 0 unspecified atom stereocenters. The molecule has 2 aliphatic carbocycles. The van der Waals surface area contributed by atoms with Gasteiger partial charge in [0.2, 0.25) is 0 Å². The molecule has 1 amide bonds. The maximum atomic E-state index is 13.0. The Morgan fingerprint density at radius 3 is 2.89 bits per heavy atom. The standard InChI is InChI=1S/C23H27NO3S/c25-20(26)9-4-2-1-3-7-18-16-10-11-17(14-16)21(18)24-23(27)19-8-5-6-15-12-13-28-22(15)19/h1,3,5-6,8,12-13,16-18,21H,2,4,7,9-11,14H2,(H,24,27)(H,25,26)/t16-,17+,18+,21+/m1/s1. The van der Waals surface area contributed by atoms with E-state index in [0.29, 0.717) is 24.2 Å². The van der Waals surface area contributed by atoms with Crippen LogP contribution in [0.3, 0.4) is 0 Å². The number of fused-ring (bicyclic) bond motifs is 3. The predicted molar refractivity (Wildman–Crippen MR) is 113 cm³/mol. The third kappa shape index (κ3) is 4.00. The Kier molecular flexibility index (Phi) is 5.81. The van der Waals surface area contributed by atoms with E-state index in [1.54, 1.807) is 11.3 Å². The summed E-state index contributed by atoms with van der Waals surface area (Å²) in [5.41, 5.74) is 0.790. The molecule has 0 aliphatic heterocycles. The van der Waals surface area contributed by atoms with Gasteiger partial charge in [-0.05, 0) is 79.2 Å². The van der Waals surface area contributed by atoms with Gasteiger partial charge in [-0.2, -0.15) is 0 Å². The van der Waals surface area contributed by atoms with Gasteiger partial charge >= 0.3 is 5.97 Å². The maximum absolute atomic E-state index is 13.0. The highest BCUT2D eigenvalue weighted by molar-refractivity contribution is 7.17. The molecular weight excluding hydrogens is 370 g/mol. The van der Waals surface area contributed by atoms with Crippen LogP contribution in [0.1, 0.15) is 55.3 Å². The second-order valence-corrected chi connectivity index (χ2v) is 9.05. The van der Waals surface area contributed by atoms with Crippen LogP contribution in [0, 0.1) is 17.8 Å². The zero-order valence-corrected chi connectivity index (χ0v) is 16.8. The van der Waals surface area contributed by atoms with E-state index in [0.717, 1.165) is 28.5 Å². The molecule has 0 spiro atoms. The van der Waals surface area contributed by atoms with E-state index in [-0.39, 0.29) is 18.4 Å². The summed E-state index contributed by atoms with van der Waals surface area (Å²) in [7, 11) is 0. The first-order valence-electron chi connectivity index (χ1n) is 10.3. The van der Waals surface area contributed by atoms with Gasteiger partial charge in [0.15, 0.2) is 0 Å². The molecule has 1 aromatic carbocycles. The van der Waals surface area contributed by atoms with E-state index < -0.39 is 5.97 Å². The van der Waals surface area contributed by atoms with E-state index in [1.165, 1.54) is 19.3 Å². The normalized spacial score (nSPS) is 26.3. The molecule has 2 aliphatic rings. The molecule has 0 saturated heterocycles. The number of carboxylic acids is 1. The Hall–Kier alpha value is -2.14. The van der Waals surface area contributed by atoms with Crippen molar-refractivity contribution in [3.05, 3.63) is 47.4 Å². The minimum absolute atomic E-state index is 0.0565. The number of carboxylic acid groups (broad SMARTS) is 1. The number of allylic oxidation sites excluding steroid dienone is 2. The van der Waals surface area contributed by atoms with Crippen molar-refractivity contribution in [3.63, 3.8) is 0 Å². The quantitative estimate of drug-likeness (QED) is 0.472. The lowest BCUT2D eigenvalue weighted by atomic mass is 9.82. The molecule has 2 aromatic rings. The predicted octanol–water partition coefficient (Wildman–Crippen LogP) is 5.25. The fraction of sp³-hybridized carbons (Fsp3) is 0.478. The fourth-order valence-electron chi connectivity index (χ4n) is 5.12. The second-order valence-electron chi connectivity index (χ2n) is 8.13. The summed E-state index contributed by atoms with van der Waals surface area (Å²) < 4.78 is 1.07. The summed E-state index contributed by atoms with van der Waals surface area (Å²) in [5, 5.41) is 15.3. The van der Waals surface area contributed by atoms with Gasteiger partial charge in [0.05, 0.1) is 5.56 Å². The van der Waals surface area contributed by atoms with Crippen molar-refractivity contribution in [2.45, 2.75) is 51.0 Å². The molecule has 4 rings (SSSR count). The average Bonchev–Trinajstić information content (AvgIpc) is 3.40. The van der Waals surface area contributed by atoms with Crippen LogP contribution in [0.5, 0.6) is 0 Å². The highest BCUT2D eigenvalue weighted by Crippen LogP contribution is 2.50. The lowest BCUT2D eigenvalue weighted by Crippen LogP contribution is -2.43. The van der Waals surface area contributed by atoms with Gasteiger partial charge in [0.1, 0.15) is 0 Å². The third-order valence-electron chi connectivity index (χ3n) is 6.45. The number of nitrogens with one attached hydrogen (secondary N) is 1. The second kappa shape index (κ2) is 8.48. The molecule has 148 valence electrons. The summed E-state index contributed by atoms with van der Waals surface area (Å²) in [6, 6.07) is 8.26. The molecule has 4 nitrogen and oxygen atoms in total. The molecule has 2 fully saturated rings. The van der Waals surface area contributed by atoms with Crippen LogP contribution in [-0.4, -0.2) is 23.0 Å². The average molecular weight is 398 g/mol. The molecule has 28 heavy (non-hydrogen) atoms. The Labute approximate surface area is 169 Å². The Morgan fingerprint density at radius 1 is 1.18 bits per heavy atom. The number of unbranched alkanes of at least 4 members (excludes halogenated alkanes) is 1. The Morgan fingerprint density at radius 2 is 2.04 bits per heavy atom. The summed E-state index contributed by atoms with van der Waals surface area (Å²) >= 11 is 1.63. The molecule has 2 saturated carbocycles. The molecule has 1 heterocycles. The minimum atomic E-state index is -0.731.